The molecule has 1 unspecified atom stereocenters. The molecular weight excluding hydrogens is 478 g/mol. The van der Waals surface area contributed by atoms with E-state index in [1.54, 1.807) is 51.1 Å². The molecule has 4 rings (SSSR count). The molecule has 10 nitrogen and oxygen atoms in total. The minimum atomic E-state index is -3.57. The van der Waals surface area contributed by atoms with Crippen molar-refractivity contribution in [3.63, 3.8) is 0 Å². The third kappa shape index (κ3) is 5.75. The van der Waals surface area contributed by atoms with Gasteiger partial charge < -0.3 is 18.7 Å². The average molecular weight is 504 g/mol. The van der Waals surface area contributed by atoms with Crippen LogP contribution in [0.5, 0.6) is 5.75 Å². The minimum Gasteiger partial charge on any atom is -0.466 e. The van der Waals surface area contributed by atoms with Crippen LogP contribution in [0, 0.1) is 12.8 Å². The van der Waals surface area contributed by atoms with E-state index in [1.165, 1.54) is 17.2 Å². The Morgan fingerprint density at radius 3 is 2.77 bits per heavy atom. The molecule has 1 aliphatic heterocycles. The van der Waals surface area contributed by atoms with Gasteiger partial charge in [-0.25, -0.2) is 19.3 Å². The van der Waals surface area contributed by atoms with Crippen LogP contribution in [-0.4, -0.2) is 50.9 Å². The molecule has 186 valence electrons. The minimum absolute atomic E-state index is 0.120. The molecule has 0 spiro atoms. The molecule has 2 aromatic heterocycles. The van der Waals surface area contributed by atoms with Crippen LogP contribution in [0.25, 0.3) is 11.2 Å². The fraction of sp³-hybridized carbons (Fsp3) is 0.391. The molecule has 0 N–H and O–H groups in total. The van der Waals surface area contributed by atoms with Gasteiger partial charge in [0.15, 0.2) is 24.0 Å². The van der Waals surface area contributed by atoms with Gasteiger partial charge >= 0.3 is 5.97 Å². The van der Waals surface area contributed by atoms with E-state index in [1.807, 2.05) is 0 Å². The molecule has 3 heterocycles. The van der Waals surface area contributed by atoms with E-state index in [9.17, 15) is 13.8 Å². The number of hydrogen-bond acceptors (Lipinski definition) is 9. The number of aryl methyl sites for hydroxylation is 1. The van der Waals surface area contributed by atoms with Crippen molar-refractivity contribution in [3.8, 4) is 5.75 Å². The number of hydrogen-bond donors (Lipinski definition) is 0. The maximum atomic E-state index is 14.8. The number of esters is 1. The molecule has 0 radical (unpaired) electrons. The van der Waals surface area contributed by atoms with Gasteiger partial charge in [-0.2, -0.15) is 0 Å². The van der Waals surface area contributed by atoms with E-state index in [-0.39, 0.29) is 12.8 Å². The van der Waals surface area contributed by atoms with Crippen molar-refractivity contribution in [2.75, 3.05) is 19.1 Å². The Hall–Kier alpha value is -3.14. The van der Waals surface area contributed by atoms with Crippen LogP contribution in [0.2, 0.25) is 0 Å². The van der Waals surface area contributed by atoms with Crippen LogP contribution >= 0.6 is 7.37 Å². The Labute approximate surface area is 201 Å². The predicted molar refractivity (Wildman–Crippen MR) is 124 cm³/mol. The van der Waals surface area contributed by atoms with E-state index >= 15 is 0 Å². The number of halogens is 1. The third-order valence-corrected chi connectivity index (χ3v) is 7.47. The van der Waals surface area contributed by atoms with Gasteiger partial charge in [-0.05, 0) is 26.0 Å². The summed E-state index contributed by atoms with van der Waals surface area (Å²) in [5, 5.41) is 0. The fourth-order valence-corrected chi connectivity index (χ4v) is 5.72. The molecule has 12 heteroatoms. The van der Waals surface area contributed by atoms with Gasteiger partial charge in [-0.3, -0.25) is 13.9 Å². The standard InChI is InChI=1S/C23H26FN4O6P/c1-4-31-23(29)15(2)11-35(30,34-17-8-6-5-7-9-17)14-32-19-10-18(24)22(33-19)28-13-27-20-16(3)25-12-26-21(20)28/h5-10,12-13,15,19,22H,4,11,14H2,1-3H3/t15-,19+,22?,35-/m1/s1. The molecule has 1 aliphatic rings. The average Bonchev–Trinajstić information content (AvgIpc) is 3.42. The van der Waals surface area contributed by atoms with Crippen LogP contribution in [0.4, 0.5) is 4.39 Å². The largest absolute Gasteiger partial charge is 0.466 e. The molecule has 0 saturated carbocycles. The summed E-state index contributed by atoms with van der Waals surface area (Å²) in [6, 6.07) is 8.56. The SMILES string of the molecule is CCOC(=O)[C@H](C)C[P@](=O)(CO[C@@H]1C=C(F)C(n2cnc3c(C)ncnc32)O1)Oc1ccccc1. The van der Waals surface area contributed by atoms with E-state index in [4.69, 9.17) is 18.7 Å². The first-order valence-corrected chi connectivity index (χ1v) is 13.1. The number of para-hydroxylation sites is 1. The number of fused-ring (bicyclic) bond motifs is 1. The van der Waals surface area contributed by atoms with Crippen molar-refractivity contribution < 1.29 is 32.5 Å². The Balaban J connectivity index is 1.47. The zero-order valence-corrected chi connectivity index (χ0v) is 20.4. The van der Waals surface area contributed by atoms with Crippen molar-refractivity contribution in [1.29, 1.82) is 0 Å². The second-order valence-electron chi connectivity index (χ2n) is 8.04. The number of carbonyl (C=O) groups excluding carboxylic acids is 1. The fourth-order valence-electron chi connectivity index (χ4n) is 3.62. The number of aromatic nitrogens is 4. The monoisotopic (exact) mass is 504 g/mol. The lowest BCUT2D eigenvalue weighted by atomic mass is 10.2. The summed E-state index contributed by atoms with van der Waals surface area (Å²) in [7, 11) is -3.57. The van der Waals surface area contributed by atoms with Crippen molar-refractivity contribution in [2.45, 2.75) is 33.3 Å². The van der Waals surface area contributed by atoms with Crippen LogP contribution in [0.15, 0.2) is 54.9 Å². The van der Waals surface area contributed by atoms with Crippen molar-refractivity contribution in [2.24, 2.45) is 5.92 Å². The number of benzene rings is 1. The number of nitrogens with zero attached hydrogens (tertiary/aromatic N) is 4. The molecule has 0 saturated heterocycles. The lowest BCUT2D eigenvalue weighted by molar-refractivity contribution is -0.146. The van der Waals surface area contributed by atoms with Gasteiger partial charge in [0.25, 0.3) is 7.37 Å². The smallest absolute Gasteiger partial charge is 0.309 e. The lowest BCUT2D eigenvalue weighted by Crippen LogP contribution is -2.22. The molecular formula is C23H26FN4O6P. The summed E-state index contributed by atoms with van der Waals surface area (Å²) < 4.78 is 52.1. The number of rotatable bonds is 10. The van der Waals surface area contributed by atoms with E-state index in [0.717, 1.165) is 6.08 Å². The Bertz CT molecular complexity index is 1270. The predicted octanol–water partition coefficient (Wildman–Crippen LogP) is 4.37. The highest BCUT2D eigenvalue weighted by Crippen LogP contribution is 2.49. The molecule has 35 heavy (non-hydrogen) atoms. The zero-order chi connectivity index (χ0) is 25.0. The van der Waals surface area contributed by atoms with Crippen LogP contribution in [0.3, 0.4) is 0 Å². The highest BCUT2D eigenvalue weighted by molar-refractivity contribution is 7.59. The molecule has 0 fully saturated rings. The van der Waals surface area contributed by atoms with Gasteiger partial charge in [0.2, 0.25) is 0 Å². The van der Waals surface area contributed by atoms with Gasteiger partial charge in [-0.1, -0.05) is 25.1 Å². The molecule has 0 aliphatic carbocycles. The second kappa shape index (κ2) is 10.6. The van der Waals surface area contributed by atoms with Crippen molar-refractivity contribution >= 4 is 24.5 Å². The first kappa shape index (κ1) is 25.0. The normalized spacial score (nSPS) is 20.3. The second-order valence-corrected chi connectivity index (χ2v) is 10.5. The van der Waals surface area contributed by atoms with E-state index < -0.39 is 43.9 Å². The van der Waals surface area contributed by atoms with Gasteiger partial charge in [-0.15, -0.1) is 0 Å². The number of imidazole rings is 1. The van der Waals surface area contributed by atoms with E-state index in [0.29, 0.717) is 22.6 Å². The topological polar surface area (TPSA) is 115 Å². The van der Waals surface area contributed by atoms with Gasteiger partial charge in [0, 0.05) is 6.08 Å². The molecule has 0 amide bonds. The maximum Gasteiger partial charge on any atom is 0.309 e. The summed E-state index contributed by atoms with van der Waals surface area (Å²) in [5.74, 6) is -1.43. The van der Waals surface area contributed by atoms with Crippen molar-refractivity contribution in [1.82, 2.24) is 19.5 Å². The third-order valence-electron chi connectivity index (χ3n) is 5.28. The first-order valence-electron chi connectivity index (χ1n) is 11.1. The summed E-state index contributed by atoms with van der Waals surface area (Å²) in [4.78, 5) is 24.6. The summed E-state index contributed by atoms with van der Waals surface area (Å²) in [6.07, 6.45) is 1.12. The quantitative estimate of drug-likeness (QED) is 0.293. The highest BCUT2D eigenvalue weighted by atomic mass is 31.2. The Kier molecular flexibility index (Phi) is 7.59. The van der Waals surface area contributed by atoms with Gasteiger partial charge in [0.05, 0.1) is 30.7 Å². The highest BCUT2D eigenvalue weighted by Gasteiger charge is 2.36. The van der Waals surface area contributed by atoms with Gasteiger partial charge in [0.1, 0.15) is 23.9 Å². The maximum absolute atomic E-state index is 14.8. The lowest BCUT2D eigenvalue weighted by Gasteiger charge is -2.23. The van der Waals surface area contributed by atoms with Crippen LogP contribution in [-0.2, 0) is 23.6 Å². The van der Waals surface area contributed by atoms with Crippen molar-refractivity contribution in [3.05, 3.63) is 60.6 Å². The zero-order valence-electron chi connectivity index (χ0n) is 19.5. The number of ether oxygens (including phenoxy) is 3. The molecule has 3 aromatic rings. The first-order chi connectivity index (χ1) is 16.8. The Morgan fingerprint density at radius 2 is 2.03 bits per heavy atom. The summed E-state index contributed by atoms with van der Waals surface area (Å²) in [6.45, 7) is 5.28. The van der Waals surface area contributed by atoms with Crippen LogP contribution in [0.1, 0.15) is 25.8 Å². The number of carbonyl (C=O) groups is 1. The molecule has 0 bridgehead atoms. The molecule has 1 aromatic carbocycles. The Morgan fingerprint density at radius 1 is 1.26 bits per heavy atom. The summed E-state index contributed by atoms with van der Waals surface area (Å²) >= 11 is 0. The summed E-state index contributed by atoms with van der Waals surface area (Å²) in [5.41, 5.74) is 1.59. The molecule has 4 atom stereocenters. The van der Waals surface area contributed by atoms with Crippen LogP contribution < -0.4 is 4.52 Å². The van der Waals surface area contributed by atoms with E-state index in [2.05, 4.69) is 15.0 Å².